The molecule has 1 unspecified atom stereocenters. The van der Waals surface area contributed by atoms with Crippen molar-refractivity contribution in [3.8, 4) is 11.5 Å². The quantitative estimate of drug-likeness (QED) is 0.752. The molecule has 2 rings (SSSR count). The Morgan fingerprint density at radius 1 is 1.30 bits per heavy atom. The standard InChI is InChI=1S/C16H18N2O5/c1-9(2)8-12(16(21)22)18-15(20)10-5-6-11(17-14(10)19)13-4-3-7-23-13/h3-7,9,12H,8H2,1-2H3,(H,17,19)(H,18,20)(H,21,22). The van der Waals surface area contributed by atoms with Crippen molar-refractivity contribution in [2.45, 2.75) is 26.3 Å². The summed E-state index contributed by atoms with van der Waals surface area (Å²) in [6, 6.07) is 5.20. The number of furan rings is 1. The molecule has 0 saturated carbocycles. The lowest BCUT2D eigenvalue weighted by atomic mass is 10.0. The zero-order valence-electron chi connectivity index (χ0n) is 12.8. The number of carbonyl (C=O) groups is 2. The Kier molecular flexibility index (Phi) is 5.00. The van der Waals surface area contributed by atoms with Gasteiger partial charge in [0.2, 0.25) is 0 Å². The molecule has 23 heavy (non-hydrogen) atoms. The summed E-state index contributed by atoms with van der Waals surface area (Å²) in [4.78, 5) is 37.9. The number of carbonyl (C=O) groups excluding carboxylic acids is 1. The number of H-pyrrole nitrogens is 1. The topological polar surface area (TPSA) is 112 Å². The lowest BCUT2D eigenvalue weighted by Gasteiger charge is -2.16. The zero-order chi connectivity index (χ0) is 17.0. The predicted octanol–water partition coefficient (Wildman–Crippen LogP) is 1.86. The Hall–Kier alpha value is -2.83. The number of hydrogen-bond donors (Lipinski definition) is 3. The number of rotatable bonds is 6. The third-order valence-corrected chi connectivity index (χ3v) is 3.25. The van der Waals surface area contributed by atoms with Crippen LogP contribution in [0.25, 0.3) is 11.5 Å². The van der Waals surface area contributed by atoms with Crippen molar-refractivity contribution in [3.63, 3.8) is 0 Å². The first-order valence-electron chi connectivity index (χ1n) is 7.19. The minimum Gasteiger partial charge on any atom is -0.480 e. The molecule has 2 heterocycles. The number of nitrogens with one attached hydrogen (secondary N) is 2. The van der Waals surface area contributed by atoms with Crippen LogP contribution in [-0.2, 0) is 4.79 Å². The van der Waals surface area contributed by atoms with Gasteiger partial charge >= 0.3 is 5.97 Å². The van der Waals surface area contributed by atoms with Crippen LogP contribution in [0.15, 0.2) is 39.7 Å². The van der Waals surface area contributed by atoms with Crippen molar-refractivity contribution in [2.75, 3.05) is 0 Å². The summed E-state index contributed by atoms with van der Waals surface area (Å²) in [5, 5.41) is 11.5. The van der Waals surface area contributed by atoms with E-state index < -0.39 is 23.5 Å². The second-order valence-electron chi connectivity index (χ2n) is 5.59. The van der Waals surface area contributed by atoms with E-state index in [0.29, 0.717) is 11.5 Å². The van der Waals surface area contributed by atoms with E-state index in [0.717, 1.165) is 0 Å². The smallest absolute Gasteiger partial charge is 0.326 e. The van der Waals surface area contributed by atoms with E-state index in [1.165, 1.54) is 18.4 Å². The van der Waals surface area contributed by atoms with Crippen molar-refractivity contribution >= 4 is 11.9 Å². The highest BCUT2D eigenvalue weighted by Crippen LogP contribution is 2.15. The van der Waals surface area contributed by atoms with Gasteiger partial charge in [-0.1, -0.05) is 13.8 Å². The largest absolute Gasteiger partial charge is 0.480 e. The summed E-state index contributed by atoms with van der Waals surface area (Å²) in [6.45, 7) is 3.71. The van der Waals surface area contributed by atoms with Gasteiger partial charge in [-0.3, -0.25) is 9.59 Å². The Morgan fingerprint density at radius 2 is 2.04 bits per heavy atom. The molecule has 0 spiro atoms. The highest BCUT2D eigenvalue weighted by atomic mass is 16.4. The van der Waals surface area contributed by atoms with E-state index in [9.17, 15) is 14.4 Å². The van der Waals surface area contributed by atoms with Crippen LogP contribution in [0.5, 0.6) is 0 Å². The normalized spacial score (nSPS) is 12.1. The number of amides is 1. The molecular weight excluding hydrogens is 300 g/mol. The van der Waals surface area contributed by atoms with Crippen LogP contribution in [0, 0.1) is 5.92 Å². The molecule has 2 aromatic rings. The molecule has 122 valence electrons. The summed E-state index contributed by atoms with van der Waals surface area (Å²) in [5.41, 5.74) is -0.311. The number of aromatic amines is 1. The molecular formula is C16H18N2O5. The van der Waals surface area contributed by atoms with Crippen LogP contribution < -0.4 is 10.9 Å². The maximum Gasteiger partial charge on any atom is 0.326 e. The molecule has 0 aliphatic rings. The second-order valence-corrected chi connectivity index (χ2v) is 5.59. The van der Waals surface area contributed by atoms with Gasteiger partial charge < -0.3 is 19.8 Å². The van der Waals surface area contributed by atoms with Crippen LogP contribution >= 0.6 is 0 Å². The minimum atomic E-state index is -1.13. The lowest BCUT2D eigenvalue weighted by molar-refractivity contribution is -0.139. The summed E-state index contributed by atoms with van der Waals surface area (Å²) >= 11 is 0. The van der Waals surface area contributed by atoms with Gasteiger partial charge in [0.05, 0.1) is 12.0 Å². The molecule has 1 amide bonds. The molecule has 0 aliphatic heterocycles. The molecule has 0 aromatic carbocycles. The summed E-state index contributed by atoms with van der Waals surface area (Å²) in [7, 11) is 0. The molecule has 0 radical (unpaired) electrons. The summed E-state index contributed by atoms with van der Waals surface area (Å²) in [5.74, 6) is -1.28. The average molecular weight is 318 g/mol. The van der Waals surface area contributed by atoms with Gasteiger partial charge in [0.15, 0.2) is 0 Å². The first kappa shape index (κ1) is 16.5. The van der Waals surface area contributed by atoms with Crippen molar-refractivity contribution in [1.29, 1.82) is 0 Å². The lowest BCUT2D eigenvalue weighted by Crippen LogP contribution is -2.43. The van der Waals surface area contributed by atoms with Gasteiger partial charge in [0, 0.05) is 0 Å². The number of carboxylic acid groups (broad SMARTS) is 1. The Labute approximate surface area is 132 Å². The number of pyridine rings is 1. The average Bonchev–Trinajstić information content (AvgIpc) is 2.99. The molecule has 0 saturated heterocycles. The SMILES string of the molecule is CC(C)CC(NC(=O)c1ccc(-c2ccco2)[nH]c1=O)C(=O)O. The van der Waals surface area contributed by atoms with Crippen molar-refractivity contribution < 1.29 is 19.1 Å². The van der Waals surface area contributed by atoms with Crippen LogP contribution in [0.4, 0.5) is 0 Å². The molecule has 3 N–H and O–H groups in total. The van der Waals surface area contributed by atoms with Crippen LogP contribution in [-0.4, -0.2) is 28.0 Å². The first-order chi connectivity index (χ1) is 10.9. The van der Waals surface area contributed by atoms with Crippen LogP contribution in [0.1, 0.15) is 30.6 Å². The molecule has 1 atom stereocenters. The number of carboxylic acids is 1. The van der Waals surface area contributed by atoms with Crippen molar-refractivity contribution in [3.05, 3.63) is 46.4 Å². The maximum absolute atomic E-state index is 12.1. The number of aliphatic carboxylic acids is 1. The molecule has 2 aromatic heterocycles. The monoisotopic (exact) mass is 318 g/mol. The highest BCUT2D eigenvalue weighted by molar-refractivity contribution is 5.96. The summed E-state index contributed by atoms with van der Waals surface area (Å²) in [6.07, 6.45) is 1.75. The van der Waals surface area contributed by atoms with Gasteiger partial charge in [-0.2, -0.15) is 0 Å². The van der Waals surface area contributed by atoms with E-state index in [4.69, 9.17) is 9.52 Å². The molecule has 7 heteroatoms. The number of hydrogen-bond acceptors (Lipinski definition) is 4. The Balaban J connectivity index is 2.19. The fraction of sp³-hybridized carbons (Fsp3) is 0.312. The van der Waals surface area contributed by atoms with E-state index >= 15 is 0 Å². The molecule has 0 fully saturated rings. The number of aromatic nitrogens is 1. The fourth-order valence-electron chi connectivity index (χ4n) is 2.16. The van der Waals surface area contributed by atoms with Gasteiger partial charge in [-0.25, -0.2) is 4.79 Å². The van der Waals surface area contributed by atoms with Crippen LogP contribution in [0.3, 0.4) is 0 Å². The van der Waals surface area contributed by atoms with Gasteiger partial charge in [-0.15, -0.1) is 0 Å². The van der Waals surface area contributed by atoms with Crippen molar-refractivity contribution in [2.24, 2.45) is 5.92 Å². The Bertz CT molecular complexity index is 746. The van der Waals surface area contributed by atoms with E-state index in [2.05, 4.69) is 10.3 Å². The minimum absolute atomic E-state index is 0.0935. The first-order valence-corrected chi connectivity index (χ1v) is 7.19. The second kappa shape index (κ2) is 6.95. The maximum atomic E-state index is 12.1. The van der Waals surface area contributed by atoms with Crippen LogP contribution in [0.2, 0.25) is 0 Å². The fourth-order valence-corrected chi connectivity index (χ4v) is 2.16. The molecule has 7 nitrogen and oxygen atoms in total. The Morgan fingerprint density at radius 3 is 2.57 bits per heavy atom. The van der Waals surface area contributed by atoms with E-state index in [-0.39, 0.29) is 17.9 Å². The van der Waals surface area contributed by atoms with Gasteiger partial charge in [0.1, 0.15) is 17.4 Å². The van der Waals surface area contributed by atoms with E-state index in [1.807, 2.05) is 13.8 Å². The van der Waals surface area contributed by atoms with Gasteiger partial charge in [-0.05, 0) is 36.6 Å². The van der Waals surface area contributed by atoms with Gasteiger partial charge in [0.25, 0.3) is 11.5 Å². The van der Waals surface area contributed by atoms with Crippen molar-refractivity contribution in [1.82, 2.24) is 10.3 Å². The molecule has 0 aliphatic carbocycles. The zero-order valence-corrected chi connectivity index (χ0v) is 12.8. The summed E-state index contributed by atoms with van der Waals surface area (Å²) < 4.78 is 5.17. The van der Waals surface area contributed by atoms with E-state index in [1.54, 1.807) is 12.1 Å². The predicted molar refractivity (Wildman–Crippen MR) is 83.1 cm³/mol. The highest BCUT2D eigenvalue weighted by Gasteiger charge is 2.23. The molecule has 0 bridgehead atoms. The third kappa shape index (κ3) is 4.09. The third-order valence-electron chi connectivity index (χ3n) is 3.25.